The van der Waals surface area contributed by atoms with Gasteiger partial charge in [0.2, 0.25) is 0 Å². The molecule has 5 rings (SSSR count). The van der Waals surface area contributed by atoms with Crippen LogP contribution in [0.1, 0.15) is 5.56 Å². The van der Waals surface area contributed by atoms with Gasteiger partial charge in [0.05, 0.1) is 17.9 Å². The Morgan fingerprint density at radius 1 is 0.968 bits per heavy atom. The predicted octanol–water partition coefficient (Wildman–Crippen LogP) is 4.90. The molecule has 9 heteroatoms. The third kappa shape index (κ3) is 3.93. The lowest BCUT2D eigenvalue weighted by Gasteiger charge is -2.06. The van der Waals surface area contributed by atoms with Gasteiger partial charge in [0.15, 0.2) is 5.82 Å². The van der Waals surface area contributed by atoms with Crippen LogP contribution in [0, 0.1) is 5.82 Å². The lowest BCUT2D eigenvalue weighted by molar-refractivity contribution is 0.421. The molecule has 0 aliphatic carbocycles. The Bertz CT molecular complexity index is 1340. The number of pyridine rings is 1. The lowest BCUT2D eigenvalue weighted by Crippen LogP contribution is -2.06. The highest BCUT2D eigenvalue weighted by Gasteiger charge is 2.18. The van der Waals surface area contributed by atoms with Crippen molar-refractivity contribution in [3.8, 4) is 34.2 Å². The average Bonchev–Trinajstić information content (AvgIpc) is 3.46. The van der Waals surface area contributed by atoms with Crippen LogP contribution in [-0.2, 0) is 6.54 Å². The van der Waals surface area contributed by atoms with E-state index in [0.717, 1.165) is 5.56 Å². The zero-order chi connectivity index (χ0) is 21.2. The van der Waals surface area contributed by atoms with Gasteiger partial charge in [-0.15, -0.1) is 0 Å². The maximum absolute atomic E-state index is 14.2. The maximum atomic E-state index is 14.2. The van der Waals surface area contributed by atoms with E-state index in [9.17, 15) is 4.39 Å². The van der Waals surface area contributed by atoms with Crippen LogP contribution in [-0.4, -0.2) is 29.9 Å². The Kier molecular flexibility index (Phi) is 4.97. The van der Waals surface area contributed by atoms with E-state index in [1.165, 1.54) is 12.3 Å². The Morgan fingerprint density at radius 2 is 1.87 bits per heavy atom. The highest BCUT2D eigenvalue weighted by molar-refractivity contribution is 6.29. The van der Waals surface area contributed by atoms with Gasteiger partial charge in [-0.05, 0) is 24.3 Å². The summed E-state index contributed by atoms with van der Waals surface area (Å²) in [5, 5.41) is 8.89. The SMILES string of the molecule is Fc1ccccc1Cn1nc(-c2nc(Cl)cc(-c3cccnc3)n2)cc1-c1ccon1. The smallest absolute Gasteiger partial charge is 0.182 e. The topological polar surface area (TPSA) is 82.5 Å². The molecule has 0 fully saturated rings. The number of nitrogens with zero attached hydrogens (tertiary/aromatic N) is 6. The van der Waals surface area contributed by atoms with Crippen molar-refractivity contribution in [1.82, 2.24) is 29.9 Å². The number of halogens is 2. The highest BCUT2D eigenvalue weighted by atomic mass is 35.5. The fraction of sp³-hybridized carbons (Fsp3) is 0.0455. The second kappa shape index (κ2) is 8.08. The van der Waals surface area contributed by atoms with Crippen LogP contribution in [0.4, 0.5) is 4.39 Å². The van der Waals surface area contributed by atoms with Crippen molar-refractivity contribution in [2.24, 2.45) is 0 Å². The molecule has 0 N–H and O–H groups in total. The number of hydrogen-bond donors (Lipinski definition) is 0. The van der Waals surface area contributed by atoms with Crippen molar-refractivity contribution < 1.29 is 8.91 Å². The summed E-state index contributed by atoms with van der Waals surface area (Å²) in [6, 6.07) is 15.4. The first-order valence-corrected chi connectivity index (χ1v) is 9.72. The quantitative estimate of drug-likeness (QED) is 0.367. The van der Waals surface area contributed by atoms with Crippen molar-refractivity contribution in [2.45, 2.75) is 6.54 Å². The van der Waals surface area contributed by atoms with Crippen molar-refractivity contribution in [3.63, 3.8) is 0 Å². The van der Waals surface area contributed by atoms with Gasteiger partial charge in [-0.3, -0.25) is 9.67 Å². The molecule has 1 aromatic carbocycles. The first kappa shape index (κ1) is 19.1. The first-order valence-electron chi connectivity index (χ1n) is 9.35. The molecular formula is C22H14ClFN6O. The summed E-state index contributed by atoms with van der Waals surface area (Å²) in [6.45, 7) is 0.199. The second-order valence-corrected chi connectivity index (χ2v) is 7.08. The van der Waals surface area contributed by atoms with Crippen LogP contribution in [0.25, 0.3) is 34.2 Å². The van der Waals surface area contributed by atoms with Gasteiger partial charge in [0.25, 0.3) is 0 Å². The van der Waals surface area contributed by atoms with Crippen molar-refractivity contribution >= 4 is 11.6 Å². The minimum absolute atomic E-state index is 0.199. The van der Waals surface area contributed by atoms with Gasteiger partial charge in [-0.25, -0.2) is 14.4 Å². The molecule has 0 spiro atoms. The standard InChI is InChI=1S/C22H14ClFN6O/c23-21-11-18(14-5-3-8-25-12-14)26-22(27-21)19-10-20(17-7-9-31-29-17)30(28-19)13-15-4-1-2-6-16(15)24/h1-12H,13H2. The molecule has 0 saturated heterocycles. The Morgan fingerprint density at radius 3 is 2.65 bits per heavy atom. The van der Waals surface area contributed by atoms with E-state index in [-0.39, 0.29) is 17.5 Å². The third-order valence-corrected chi connectivity index (χ3v) is 4.83. The molecule has 0 unspecified atom stereocenters. The van der Waals surface area contributed by atoms with Crippen LogP contribution < -0.4 is 0 Å². The van der Waals surface area contributed by atoms with E-state index in [2.05, 4.69) is 25.2 Å². The molecule has 0 aliphatic rings. The minimum atomic E-state index is -0.316. The summed E-state index contributed by atoms with van der Waals surface area (Å²) in [4.78, 5) is 13.1. The summed E-state index contributed by atoms with van der Waals surface area (Å²) < 4.78 is 20.9. The molecule has 5 aromatic rings. The Hall–Kier alpha value is -3.91. The van der Waals surface area contributed by atoms with Crippen molar-refractivity contribution in [1.29, 1.82) is 0 Å². The number of aromatic nitrogens is 6. The first-order chi connectivity index (χ1) is 15.2. The molecule has 0 aliphatic heterocycles. The summed E-state index contributed by atoms with van der Waals surface area (Å²) in [6.07, 6.45) is 4.84. The van der Waals surface area contributed by atoms with E-state index < -0.39 is 0 Å². The van der Waals surface area contributed by atoms with Gasteiger partial charge in [0, 0.05) is 35.7 Å². The van der Waals surface area contributed by atoms with Crippen LogP contribution in [0.2, 0.25) is 5.15 Å². The fourth-order valence-electron chi connectivity index (χ4n) is 3.18. The van der Waals surface area contributed by atoms with Gasteiger partial charge < -0.3 is 4.52 Å². The molecule has 0 atom stereocenters. The summed E-state index contributed by atoms with van der Waals surface area (Å²) >= 11 is 6.26. The van der Waals surface area contributed by atoms with E-state index in [1.54, 1.807) is 53.5 Å². The maximum Gasteiger partial charge on any atom is 0.182 e. The van der Waals surface area contributed by atoms with Gasteiger partial charge in [0.1, 0.15) is 28.6 Å². The molecule has 7 nitrogen and oxygen atoms in total. The summed E-state index contributed by atoms with van der Waals surface area (Å²) in [5.41, 5.74) is 3.58. The highest BCUT2D eigenvalue weighted by Crippen LogP contribution is 2.27. The van der Waals surface area contributed by atoms with E-state index in [0.29, 0.717) is 34.2 Å². The zero-order valence-corrected chi connectivity index (χ0v) is 16.7. The average molecular weight is 433 g/mol. The van der Waals surface area contributed by atoms with E-state index in [4.69, 9.17) is 16.1 Å². The Balaban J connectivity index is 1.61. The molecule has 0 bridgehead atoms. The van der Waals surface area contributed by atoms with Gasteiger partial charge in [-0.1, -0.05) is 35.0 Å². The molecule has 0 radical (unpaired) electrons. The predicted molar refractivity (Wildman–Crippen MR) is 112 cm³/mol. The van der Waals surface area contributed by atoms with Gasteiger partial charge in [-0.2, -0.15) is 5.10 Å². The Labute approximate surface area is 181 Å². The number of hydrogen-bond acceptors (Lipinski definition) is 6. The zero-order valence-electron chi connectivity index (χ0n) is 16.0. The van der Waals surface area contributed by atoms with E-state index in [1.807, 2.05) is 12.1 Å². The second-order valence-electron chi connectivity index (χ2n) is 6.69. The normalized spacial score (nSPS) is 11.0. The van der Waals surface area contributed by atoms with Crippen LogP contribution in [0.15, 0.2) is 77.8 Å². The summed E-state index contributed by atoms with van der Waals surface area (Å²) in [5.74, 6) is 0.0203. The molecule has 4 heterocycles. The summed E-state index contributed by atoms with van der Waals surface area (Å²) in [7, 11) is 0. The lowest BCUT2D eigenvalue weighted by atomic mass is 10.2. The largest absolute Gasteiger partial charge is 0.364 e. The van der Waals surface area contributed by atoms with Crippen LogP contribution in [0.5, 0.6) is 0 Å². The van der Waals surface area contributed by atoms with Gasteiger partial charge >= 0.3 is 0 Å². The molecule has 4 aromatic heterocycles. The molecular weight excluding hydrogens is 419 g/mol. The van der Waals surface area contributed by atoms with Crippen LogP contribution in [0.3, 0.4) is 0 Å². The molecule has 0 amide bonds. The number of benzene rings is 1. The number of rotatable bonds is 5. The van der Waals surface area contributed by atoms with Crippen LogP contribution >= 0.6 is 11.6 Å². The monoisotopic (exact) mass is 432 g/mol. The van der Waals surface area contributed by atoms with Crippen molar-refractivity contribution in [2.75, 3.05) is 0 Å². The van der Waals surface area contributed by atoms with Crippen molar-refractivity contribution in [3.05, 3.63) is 89.8 Å². The van der Waals surface area contributed by atoms with E-state index >= 15 is 0 Å². The molecule has 31 heavy (non-hydrogen) atoms. The molecule has 152 valence electrons. The third-order valence-electron chi connectivity index (χ3n) is 4.64. The fourth-order valence-corrected chi connectivity index (χ4v) is 3.36. The minimum Gasteiger partial charge on any atom is -0.364 e. The molecule has 0 saturated carbocycles.